The van der Waals surface area contributed by atoms with Crippen LogP contribution in [-0.4, -0.2) is 47.1 Å². The Bertz CT molecular complexity index is 1030. The van der Waals surface area contributed by atoms with Crippen LogP contribution in [0.4, 0.5) is 5.95 Å². The van der Waals surface area contributed by atoms with Crippen LogP contribution < -0.4 is 11.3 Å². The van der Waals surface area contributed by atoms with Crippen LogP contribution in [0.2, 0.25) is 0 Å². The zero-order valence-electron chi connectivity index (χ0n) is 13.2. The number of nitrogens with one attached hydrogen (secondary N) is 1. The molecule has 2 atom stereocenters. The second-order valence-electron chi connectivity index (χ2n) is 5.01. The monoisotopic (exact) mass is 448 g/mol. The van der Waals surface area contributed by atoms with Crippen LogP contribution in [0.25, 0.3) is 5.52 Å². The number of aromatic amines is 1. The first kappa shape index (κ1) is 21.9. The minimum Gasteiger partial charge on any atom is -0.368 e. The van der Waals surface area contributed by atoms with Crippen molar-refractivity contribution in [3.8, 4) is 0 Å². The maximum atomic E-state index is 11.7. The van der Waals surface area contributed by atoms with Gasteiger partial charge in [0.25, 0.3) is 5.56 Å². The predicted octanol–water partition coefficient (Wildman–Crippen LogP) is -0.467. The molecule has 2 aromatic heterocycles. The lowest BCUT2D eigenvalue weighted by molar-refractivity contribution is 0.154. The first-order chi connectivity index (χ1) is 12.3. The van der Waals surface area contributed by atoms with E-state index in [9.17, 15) is 23.4 Å². The van der Waals surface area contributed by atoms with Gasteiger partial charge in [0, 0.05) is 12.1 Å². The highest BCUT2D eigenvalue weighted by molar-refractivity contribution is 7.68. The summed E-state index contributed by atoms with van der Waals surface area (Å²) in [6.45, 7) is -0.191. The molecule has 2 unspecified atom stereocenters. The molecule has 0 bridgehead atoms. The van der Waals surface area contributed by atoms with Crippen molar-refractivity contribution < 1.29 is 46.6 Å². The Labute approximate surface area is 150 Å². The van der Waals surface area contributed by atoms with E-state index in [0.717, 1.165) is 0 Å². The molecule has 18 heteroatoms. The second-order valence-corrected chi connectivity index (χ2v) is 9.77. The highest BCUT2D eigenvalue weighted by Gasteiger charge is 2.39. The standard InChI is InChI=1S/C9H15N4O11P3/c10-9-11-8(14)7-2-1-6(13(7)12-9)3-4-22-5-25(15,16)23-27(20,21)24-26(17,18)19/h1-2H,3-5H2,(H,15,16)(H,20,21)(H2,17,18,19)(H3,10,11,12,14). The first-order valence-corrected chi connectivity index (χ1v) is 11.6. The number of phosphoric acid groups is 2. The minimum absolute atomic E-state index is 0.111. The minimum atomic E-state index is -5.50. The van der Waals surface area contributed by atoms with Crippen molar-refractivity contribution in [3.05, 3.63) is 28.2 Å². The fraction of sp³-hybridized carbons (Fsp3) is 0.333. The van der Waals surface area contributed by atoms with E-state index in [4.69, 9.17) is 25.2 Å². The fourth-order valence-electron chi connectivity index (χ4n) is 1.95. The van der Waals surface area contributed by atoms with Gasteiger partial charge in [-0.05, 0) is 12.1 Å². The van der Waals surface area contributed by atoms with Crippen molar-refractivity contribution in [3.63, 3.8) is 0 Å². The Morgan fingerprint density at radius 1 is 1.15 bits per heavy atom. The number of anilines is 1. The molecule has 7 N–H and O–H groups in total. The molecule has 0 aliphatic heterocycles. The summed E-state index contributed by atoms with van der Waals surface area (Å²) in [4.78, 5) is 49.3. The van der Waals surface area contributed by atoms with Gasteiger partial charge in [-0.1, -0.05) is 0 Å². The van der Waals surface area contributed by atoms with Gasteiger partial charge >= 0.3 is 23.2 Å². The Hall–Kier alpha value is -1.37. The molecule has 0 aromatic carbocycles. The summed E-state index contributed by atoms with van der Waals surface area (Å²) in [5.74, 6) is -0.122. The van der Waals surface area contributed by atoms with Gasteiger partial charge in [0.15, 0.2) is 0 Å². The number of H-pyrrole nitrogens is 1. The average molecular weight is 448 g/mol. The maximum Gasteiger partial charge on any atom is 0.488 e. The van der Waals surface area contributed by atoms with Crippen molar-refractivity contribution in [1.82, 2.24) is 14.6 Å². The molecule has 0 spiro atoms. The van der Waals surface area contributed by atoms with Crippen molar-refractivity contribution in [2.24, 2.45) is 0 Å². The van der Waals surface area contributed by atoms with E-state index in [1.54, 1.807) is 6.07 Å². The van der Waals surface area contributed by atoms with Crippen molar-refractivity contribution in [1.29, 1.82) is 0 Å². The third-order valence-corrected chi connectivity index (χ3v) is 6.84. The number of nitrogens with two attached hydrogens (primary N) is 1. The van der Waals surface area contributed by atoms with Gasteiger partial charge in [-0.3, -0.25) is 14.3 Å². The average Bonchev–Trinajstić information content (AvgIpc) is 2.82. The predicted molar refractivity (Wildman–Crippen MR) is 88.6 cm³/mol. The normalized spacial score (nSPS) is 16.9. The van der Waals surface area contributed by atoms with Gasteiger partial charge < -0.3 is 30.0 Å². The van der Waals surface area contributed by atoms with Crippen LogP contribution in [-0.2, 0) is 33.5 Å². The molecule has 0 aliphatic carbocycles. The van der Waals surface area contributed by atoms with E-state index in [2.05, 4.69) is 18.7 Å². The number of nitrogen functional groups attached to an aromatic ring is 1. The Kier molecular flexibility index (Phi) is 6.44. The molecule has 0 radical (unpaired) electrons. The lowest BCUT2D eigenvalue weighted by Gasteiger charge is -2.16. The van der Waals surface area contributed by atoms with E-state index >= 15 is 0 Å². The van der Waals surface area contributed by atoms with Gasteiger partial charge in [-0.15, -0.1) is 5.10 Å². The quantitative estimate of drug-likeness (QED) is 0.210. The van der Waals surface area contributed by atoms with E-state index in [0.29, 0.717) is 5.69 Å². The van der Waals surface area contributed by atoms with Gasteiger partial charge in [0.05, 0.1) is 6.61 Å². The lowest BCUT2D eigenvalue weighted by atomic mass is 10.3. The number of nitrogens with zero attached hydrogens (tertiary/aromatic N) is 2. The summed E-state index contributed by atoms with van der Waals surface area (Å²) in [5, 5.41) is 3.90. The number of hydrogen-bond donors (Lipinski definition) is 6. The fourth-order valence-corrected chi connectivity index (χ4v) is 5.26. The Balaban J connectivity index is 1.93. The molecule has 15 nitrogen and oxygen atoms in total. The van der Waals surface area contributed by atoms with Crippen molar-refractivity contribution >= 4 is 34.7 Å². The Morgan fingerprint density at radius 3 is 2.44 bits per heavy atom. The van der Waals surface area contributed by atoms with Crippen molar-refractivity contribution in [2.45, 2.75) is 6.42 Å². The summed E-state index contributed by atoms with van der Waals surface area (Å²) >= 11 is 0. The van der Waals surface area contributed by atoms with Crippen LogP contribution in [0.3, 0.4) is 0 Å². The van der Waals surface area contributed by atoms with Crippen molar-refractivity contribution in [2.75, 3.05) is 18.7 Å². The zero-order chi connectivity index (χ0) is 20.5. The Morgan fingerprint density at radius 2 is 1.81 bits per heavy atom. The number of ether oxygens (including phenoxy) is 1. The summed E-state index contributed by atoms with van der Waals surface area (Å²) in [7, 11) is -15.8. The highest BCUT2D eigenvalue weighted by Crippen LogP contribution is 2.65. The van der Waals surface area contributed by atoms with Crippen LogP contribution in [0.15, 0.2) is 16.9 Å². The number of fused-ring (bicyclic) bond motifs is 1. The summed E-state index contributed by atoms with van der Waals surface area (Å²) in [6.07, 6.45) is -0.957. The molecule has 27 heavy (non-hydrogen) atoms. The zero-order valence-corrected chi connectivity index (χ0v) is 15.9. The third kappa shape index (κ3) is 6.63. The maximum absolute atomic E-state index is 11.7. The molecule has 0 fully saturated rings. The second kappa shape index (κ2) is 7.94. The summed E-state index contributed by atoms with van der Waals surface area (Å²) < 4.78 is 46.8. The van der Waals surface area contributed by atoms with Gasteiger partial charge in [0.2, 0.25) is 5.95 Å². The molecule has 2 aromatic rings. The molecule has 0 saturated heterocycles. The number of aromatic nitrogens is 3. The van der Waals surface area contributed by atoms with Gasteiger partial charge in [-0.25, -0.2) is 18.0 Å². The van der Waals surface area contributed by atoms with E-state index in [1.807, 2.05) is 0 Å². The molecular weight excluding hydrogens is 433 g/mol. The lowest BCUT2D eigenvalue weighted by Crippen LogP contribution is -2.16. The van der Waals surface area contributed by atoms with Crippen LogP contribution in [0.5, 0.6) is 0 Å². The van der Waals surface area contributed by atoms with E-state index in [1.165, 1.54) is 10.6 Å². The summed E-state index contributed by atoms with van der Waals surface area (Å²) in [5.41, 5.74) is 5.67. The molecular formula is C9H15N4O11P3. The number of rotatable bonds is 9. The SMILES string of the molecule is Nc1nn2c(CCOCP(=O)(O)OP(=O)(O)OP(=O)(O)O)ccc2c(=O)[nH]1. The van der Waals surface area contributed by atoms with Crippen LogP contribution >= 0.6 is 23.2 Å². The van der Waals surface area contributed by atoms with Crippen LogP contribution in [0, 0.1) is 0 Å². The van der Waals surface area contributed by atoms with E-state index < -0.39 is 35.1 Å². The molecule has 2 heterocycles. The van der Waals surface area contributed by atoms with E-state index in [-0.39, 0.29) is 24.5 Å². The van der Waals surface area contributed by atoms with Gasteiger partial charge in [-0.2, -0.15) is 4.31 Å². The van der Waals surface area contributed by atoms with Crippen LogP contribution in [0.1, 0.15) is 5.69 Å². The molecule has 2 rings (SSSR count). The molecule has 0 amide bonds. The summed E-state index contributed by atoms with van der Waals surface area (Å²) in [6, 6.07) is 3.02. The molecule has 0 saturated carbocycles. The molecule has 152 valence electrons. The highest BCUT2D eigenvalue weighted by atomic mass is 31.3. The topological polar surface area (TPSA) is 236 Å². The smallest absolute Gasteiger partial charge is 0.368 e. The van der Waals surface area contributed by atoms with Gasteiger partial charge in [0.1, 0.15) is 11.9 Å². The largest absolute Gasteiger partial charge is 0.488 e. The third-order valence-electron chi connectivity index (χ3n) is 2.81. The first-order valence-electron chi connectivity index (χ1n) is 6.85. The molecule has 0 aliphatic rings. The number of hydrogen-bond acceptors (Lipinski definition) is 9.